The van der Waals surface area contributed by atoms with Crippen LogP contribution in [0.25, 0.3) is 66.4 Å². The summed E-state index contributed by atoms with van der Waals surface area (Å²) in [5.41, 5.74) is 9.21. The molecule has 0 aliphatic rings. The number of rotatable bonds is 10. The SMILES string of the molecule is CCc1ccc2[cH-]c(-c3ccc(C)o3)cc2c1-c1cc(OC)cc(OC)c1.CCc1ccc2[cH-]c(-c3ccc(C)o3)cc2c1-c1cc(OC)cc(OC)c1.C[Si](C)=[Zr]([Cl])[Cl]. The number of fused-ring (bicyclic) bond motifs is 2. The van der Waals surface area contributed by atoms with Crippen molar-refractivity contribution in [2.45, 2.75) is 53.6 Å². The number of halogens is 2. The first-order chi connectivity index (χ1) is 28.9. The Morgan fingerprint density at radius 3 is 1.15 bits per heavy atom. The molecule has 0 unspecified atom stereocenters. The Balaban J connectivity index is 0.000000177. The molecule has 6 nitrogen and oxygen atoms in total. The van der Waals surface area contributed by atoms with E-state index >= 15 is 0 Å². The van der Waals surface area contributed by atoms with E-state index in [2.05, 4.69) is 99.7 Å². The van der Waals surface area contributed by atoms with E-state index < -0.39 is 18.0 Å². The van der Waals surface area contributed by atoms with Gasteiger partial charge in [-0.05, 0) is 97.5 Å². The van der Waals surface area contributed by atoms with E-state index in [0.29, 0.717) is 0 Å². The van der Waals surface area contributed by atoms with Crippen molar-refractivity contribution >= 4 is 44.0 Å². The number of ether oxygens (including phenoxy) is 4. The van der Waals surface area contributed by atoms with E-state index in [1.54, 1.807) is 28.4 Å². The molecular weight excluding hydrogens is 887 g/mol. The van der Waals surface area contributed by atoms with Gasteiger partial charge in [-0.25, -0.2) is 0 Å². The molecule has 0 N–H and O–H groups in total. The molecule has 0 saturated carbocycles. The van der Waals surface area contributed by atoms with E-state index in [-0.39, 0.29) is 5.43 Å². The van der Waals surface area contributed by atoms with Crippen molar-refractivity contribution in [3.8, 4) is 67.9 Å². The first-order valence-electron chi connectivity index (χ1n) is 19.9. The van der Waals surface area contributed by atoms with E-state index in [1.807, 2.05) is 50.2 Å². The topological polar surface area (TPSA) is 63.2 Å². The molecular formula is C50H52Cl2O6SiZr-2. The van der Waals surface area contributed by atoms with Crippen LogP contribution >= 0.6 is 17.0 Å². The van der Waals surface area contributed by atoms with Crippen LogP contribution in [-0.2, 0) is 30.8 Å². The molecule has 0 amide bonds. The number of hydrogen-bond acceptors (Lipinski definition) is 6. The molecule has 2 aromatic heterocycles. The Morgan fingerprint density at radius 2 is 0.883 bits per heavy atom. The molecule has 8 rings (SSSR count). The summed E-state index contributed by atoms with van der Waals surface area (Å²) in [5, 5.41) is 4.84. The van der Waals surface area contributed by atoms with Crippen molar-refractivity contribution in [1.29, 1.82) is 0 Å². The van der Waals surface area contributed by atoms with Gasteiger partial charge < -0.3 is 27.8 Å². The van der Waals surface area contributed by atoms with Gasteiger partial charge in [-0.3, -0.25) is 0 Å². The number of methoxy groups -OCH3 is 4. The van der Waals surface area contributed by atoms with Crippen LogP contribution in [0.2, 0.25) is 13.1 Å². The van der Waals surface area contributed by atoms with Crippen molar-refractivity contribution in [2.75, 3.05) is 28.4 Å². The molecule has 0 aliphatic carbocycles. The summed E-state index contributed by atoms with van der Waals surface area (Å²) in [6.45, 7) is 12.6. The summed E-state index contributed by atoms with van der Waals surface area (Å²) < 4.78 is 33.6. The number of benzene rings is 4. The quantitative estimate of drug-likeness (QED) is 0.101. The molecule has 0 fully saturated rings. The van der Waals surface area contributed by atoms with Crippen LogP contribution < -0.4 is 18.9 Å². The summed E-state index contributed by atoms with van der Waals surface area (Å²) in [6, 6.07) is 37.7. The van der Waals surface area contributed by atoms with Gasteiger partial charge in [0.2, 0.25) is 0 Å². The fourth-order valence-electron chi connectivity index (χ4n) is 7.29. The number of aryl methyl sites for hydroxylation is 4. The zero-order valence-electron chi connectivity index (χ0n) is 36.0. The van der Waals surface area contributed by atoms with Gasteiger partial charge in [-0.15, -0.1) is 57.9 Å². The molecule has 2 heterocycles. The molecule has 0 aliphatic heterocycles. The maximum atomic E-state index is 5.83. The molecule has 60 heavy (non-hydrogen) atoms. The van der Waals surface area contributed by atoms with Crippen molar-refractivity contribution < 1.29 is 45.8 Å². The average molecular weight is 939 g/mol. The van der Waals surface area contributed by atoms with Crippen LogP contribution in [-0.4, -0.2) is 33.9 Å². The van der Waals surface area contributed by atoms with Gasteiger partial charge in [0, 0.05) is 12.1 Å². The van der Waals surface area contributed by atoms with Gasteiger partial charge in [0.15, 0.2) is 0 Å². The van der Waals surface area contributed by atoms with Crippen molar-refractivity contribution in [3.63, 3.8) is 0 Å². The Morgan fingerprint density at radius 1 is 0.533 bits per heavy atom. The minimum atomic E-state index is -1.65. The third-order valence-electron chi connectivity index (χ3n) is 10.4. The Bertz CT molecular complexity index is 2530. The zero-order valence-corrected chi connectivity index (χ0v) is 41.0. The first-order valence-corrected chi connectivity index (χ1v) is 32.4. The van der Waals surface area contributed by atoms with Gasteiger partial charge in [-0.1, -0.05) is 48.2 Å². The van der Waals surface area contributed by atoms with E-state index in [1.165, 1.54) is 43.8 Å². The monoisotopic (exact) mass is 936 g/mol. The number of furan rings is 2. The third-order valence-corrected chi connectivity index (χ3v) is 30.2. The summed E-state index contributed by atoms with van der Waals surface area (Å²) in [5.74, 6) is 6.79. The normalized spacial score (nSPS) is 10.8. The third kappa shape index (κ3) is 10.3. The van der Waals surface area contributed by atoms with Gasteiger partial charge in [0.1, 0.15) is 23.0 Å². The molecule has 10 heteroatoms. The van der Waals surface area contributed by atoms with Crippen molar-refractivity contribution in [3.05, 3.63) is 132 Å². The molecule has 0 spiro atoms. The molecule has 6 aromatic carbocycles. The first kappa shape index (κ1) is 45.1. The zero-order chi connectivity index (χ0) is 43.1. The second kappa shape index (κ2) is 20.4. The second-order valence-electron chi connectivity index (χ2n) is 14.7. The Hall–Kier alpha value is -4.46. The van der Waals surface area contributed by atoms with Gasteiger partial charge >= 0.3 is 53.5 Å². The van der Waals surface area contributed by atoms with Crippen LogP contribution in [0, 0.1) is 13.8 Å². The van der Waals surface area contributed by atoms with Crippen LogP contribution in [0.3, 0.4) is 0 Å². The average Bonchev–Trinajstić information content (AvgIpc) is 4.09. The Kier molecular flexibility index (Phi) is 15.3. The van der Waals surface area contributed by atoms with Gasteiger partial charge in [-0.2, -0.15) is 0 Å². The van der Waals surface area contributed by atoms with Crippen LogP contribution in [0.4, 0.5) is 0 Å². The number of hydrogen-bond donors (Lipinski definition) is 0. The molecule has 0 atom stereocenters. The van der Waals surface area contributed by atoms with Crippen LogP contribution in [0.5, 0.6) is 23.0 Å². The molecule has 0 saturated heterocycles. The molecule has 0 radical (unpaired) electrons. The van der Waals surface area contributed by atoms with Gasteiger partial charge in [0.05, 0.1) is 51.5 Å². The maximum absolute atomic E-state index is 5.83. The van der Waals surface area contributed by atoms with Crippen molar-refractivity contribution in [1.82, 2.24) is 0 Å². The van der Waals surface area contributed by atoms with Crippen LogP contribution in [0.15, 0.2) is 118 Å². The summed E-state index contributed by atoms with van der Waals surface area (Å²) in [7, 11) is 18.0. The summed E-state index contributed by atoms with van der Waals surface area (Å²) >= 11 is -1.65. The predicted octanol–water partition coefficient (Wildman–Crippen LogP) is 14.9. The van der Waals surface area contributed by atoms with Crippen molar-refractivity contribution in [2.24, 2.45) is 0 Å². The van der Waals surface area contributed by atoms with Crippen LogP contribution in [0.1, 0.15) is 36.5 Å². The summed E-state index contributed by atoms with van der Waals surface area (Å²) in [4.78, 5) is 0. The second-order valence-corrected chi connectivity index (χ2v) is 37.7. The fourth-order valence-corrected chi connectivity index (χ4v) is 7.29. The standard InChI is InChI=1S/2C24H23O3.C2H6Si.2ClH.Zr/c2*1-5-16-7-8-17-10-18(23-9-6-15(2)27-23)13-22(17)24(16)19-11-20(25-3)14-21(12-19)26-4;1-3-2;;;/h2*6-14H,5H2,1-4H3;1-2H3;2*1H;/q2*-1;;;;+2/p-2. The summed E-state index contributed by atoms with van der Waals surface area (Å²) in [6.07, 6.45) is 1.90. The predicted molar refractivity (Wildman–Crippen MR) is 249 cm³/mol. The molecule has 0 bridgehead atoms. The van der Waals surface area contributed by atoms with E-state index in [4.69, 9.17) is 44.8 Å². The minimum absolute atomic E-state index is 0.224. The molecule has 8 aromatic rings. The molecule has 312 valence electrons. The van der Waals surface area contributed by atoms with Gasteiger partial charge in [0.25, 0.3) is 0 Å². The van der Waals surface area contributed by atoms with E-state index in [9.17, 15) is 0 Å². The van der Waals surface area contributed by atoms with E-state index in [0.717, 1.165) is 81.1 Å². The Labute approximate surface area is 369 Å². The fraction of sp³-hybridized carbons (Fsp3) is 0.240.